The third kappa shape index (κ3) is 1.71. The van der Waals surface area contributed by atoms with Crippen LogP contribution in [-0.2, 0) is 0 Å². The molecule has 0 saturated carbocycles. The van der Waals surface area contributed by atoms with Crippen molar-refractivity contribution in [3.05, 3.63) is 46.3 Å². The number of nitro benzene ring substituents is 1. The van der Waals surface area contributed by atoms with E-state index in [-0.39, 0.29) is 10.6 Å². The summed E-state index contributed by atoms with van der Waals surface area (Å²) >= 11 is 0. The molecule has 76 valence electrons. The van der Waals surface area contributed by atoms with Crippen molar-refractivity contribution in [1.29, 1.82) is 0 Å². The first-order valence-corrected chi connectivity index (χ1v) is 4.43. The van der Waals surface area contributed by atoms with E-state index in [1.54, 1.807) is 31.5 Å². The van der Waals surface area contributed by atoms with Crippen LogP contribution in [0.2, 0.25) is 0 Å². The molecule has 2 rings (SSSR count). The smallest absolute Gasteiger partial charge is 0.272 e. The Morgan fingerprint density at radius 2 is 2.27 bits per heavy atom. The van der Waals surface area contributed by atoms with Gasteiger partial charge in [0.1, 0.15) is 5.82 Å². The second-order valence-corrected chi connectivity index (χ2v) is 3.20. The molecule has 2 aromatic rings. The van der Waals surface area contributed by atoms with E-state index >= 15 is 0 Å². The first kappa shape index (κ1) is 9.39. The molecule has 0 bridgehead atoms. The number of benzene rings is 1. The molecular weight excluding hydrogens is 194 g/mol. The summed E-state index contributed by atoms with van der Waals surface area (Å²) in [5.74, 6) is 0.716. The van der Waals surface area contributed by atoms with Gasteiger partial charge in [0.2, 0.25) is 0 Å². The number of nitrogens with zero attached hydrogens (tertiary/aromatic N) is 2. The van der Waals surface area contributed by atoms with Crippen molar-refractivity contribution in [2.45, 2.75) is 6.92 Å². The average molecular weight is 203 g/mol. The molecule has 1 N–H and O–H groups in total. The topological polar surface area (TPSA) is 71.8 Å². The minimum Gasteiger partial charge on any atom is -0.345 e. The molecule has 0 atom stereocenters. The van der Waals surface area contributed by atoms with Gasteiger partial charge in [-0.25, -0.2) is 4.98 Å². The Morgan fingerprint density at radius 1 is 1.47 bits per heavy atom. The lowest BCUT2D eigenvalue weighted by atomic mass is 10.1. The van der Waals surface area contributed by atoms with Crippen LogP contribution in [0.5, 0.6) is 0 Å². The molecule has 0 radical (unpaired) electrons. The predicted octanol–water partition coefficient (Wildman–Crippen LogP) is 2.29. The summed E-state index contributed by atoms with van der Waals surface area (Å²) in [5.41, 5.74) is 1.61. The highest BCUT2D eigenvalue weighted by molar-refractivity contribution is 5.59. The molecule has 0 fully saturated rings. The highest BCUT2D eigenvalue weighted by Gasteiger charge is 2.11. The minimum atomic E-state index is -0.388. The van der Waals surface area contributed by atoms with E-state index in [4.69, 9.17) is 0 Å². The highest BCUT2D eigenvalue weighted by atomic mass is 16.6. The lowest BCUT2D eigenvalue weighted by molar-refractivity contribution is -0.385. The summed E-state index contributed by atoms with van der Waals surface area (Å²) < 4.78 is 0. The first-order valence-electron chi connectivity index (χ1n) is 4.43. The van der Waals surface area contributed by atoms with Gasteiger partial charge in [0, 0.05) is 29.6 Å². The Bertz CT molecular complexity index is 491. The zero-order chi connectivity index (χ0) is 10.8. The number of nitrogens with one attached hydrogen (secondary N) is 1. The standard InChI is InChI=1S/C10H9N3O2/c1-7-6-8(10-11-4-5-12-10)2-3-9(7)13(14)15/h2-6H,1H3,(H,11,12). The van der Waals surface area contributed by atoms with Gasteiger partial charge < -0.3 is 4.98 Å². The fraction of sp³-hybridized carbons (Fsp3) is 0.100. The quantitative estimate of drug-likeness (QED) is 0.601. The normalized spacial score (nSPS) is 10.2. The van der Waals surface area contributed by atoms with Gasteiger partial charge in [0.05, 0.1) is 4.92 Å². The summed E-state index contributed by atoms with van der Waals surface area (Å²) in [6.07, 6.45) is 3.36. The van der Waals surface area contributed by atoms with Gasteiger partial charge in [-0.3, -0.25) is 10.1 Å². The molecule has 0 aliphatic carbocycles. The molecule has 0 aliphatic rings. The van der Waals surface area contributed by atoms with E-state index in [9.17, 15) is 10.1 Å². The van der Waals surface area contributed by atoms with E-state index < -0.39 is 0 Å². The minimum absolute atomic E-state index is 0.130. The SMILES string of the molecule is Cc1cc(-c2ncc[nH]2)ccc1[N+](=O)[O-]. The molecule has 1 heterocycles. The largest absolute Gasteiger partial charge is 0.345 e. The van der Waals surface area contributed by atoms with Gasteiger partial charge in [-0.1, -0.05) is 0 Å². The van der Waals surface area contributed by atoms with Gasteiger partial charge >= 0.3 is 0 Å². The van der Waals surface area contributed by atoms with Crippen LogP contribution in [0, 0.1) is 17.0 Å². The van der Waals surface area contributed by atoms with Crippen LogP contribution in [0.25, 0.3) is 11.4 Å². The molecule has 0 unspecified atom stereocenters. The number of H-pyrrole nitrogens is 1. The van der Waals surface area contributed by atoms with E-state index in [1.807, 2.05) is 0 Å². The number of rotatable bonds is 2. The van der Waals surface area contributed by atoms with E-state index in [0.717, 1.165) is 5.56 Å². The van der Waals surface area contributed by atoms with Crippen LogP contribution < -0.4 is 0 Å². The molecule has 5 nitrogen and oxygen atoms in total. The predicted molar refractivity (Wildman–Crippen MR) is 55.4 cm³/mol. The van der Waals surface area contributed by atoms with E-state index in [1.165, 1.54) is 6.07 Å². The van der Waals surface area contributed by atoms with Crippen molar-refractivity contribution >= 4 is 5.69 Å². The average Bonchev–Trinajstić information content (AvgIpc) is 2.69. The Kier molecular flexibility index (Phi) is 2.21. The Hall–Kier alpha value is -2.17. The van der Waals surface area contributed by atoms with Gasteiger partial charge in [-0.15, -0.1) is 0 Å². The maximum absolute atomic E-state index is 10.6. The molecule has 0 spiro atoms. The number of aryl methyl sites for hydroxylation is 1. The number of hydrogen-bond donors (Lipinski definition) is 1. The van der Waals surface area contributed by atoms with E-state index in [2.05, 4.69) is 9.97 Å². The highest BCUT2D eigenvalue weighted by Crippen LogP contribution is 2.23. The summed E-state index contributed by atoms with van der Waals surface area (Å²) in [6, 6.07) is 4.92. The van der Waals surface area contributed by atoms with E-state index in [0.29, 0.717) is 11.4 Å². The van der Waals surface area contributed by atoms with Crippen LogP contribution in [-0.4, -0.2) is 14.9 Å². The van der Waals surface area contributed by atoms with Crippen molar-refractivity contribution in [1.82, 2.24) is 9.97 Å². The Labute approximate surface area is 85.9 Å². The number of nitro groups is 1. The number of aromatic amines is 1. The maximum atomic E-state index is 10.6. The number of aromatic nitrogens is 2. The second kappa shape index (κ2) is 3.53. The number of hydrogen-bond acceptors (Lipinski definition) is 3. The fourth-order valence-electron chi connectivity index (χ4n) is 1.43. The Balaban J connectivity index is 2.47. The molecule has 15 heavy (non-hydrogen) atoms. The zero-order valence-electron chi connectivity index (χ0n) is 8.10. The zero-order valence-corrected chi connectivity index (χ0v) is 8.10. The molecule has 1 aromatic heterocycles. The molecule has 5 heteroatoms. The molecule has 0 aliphatic heterocycles. The second-order valence-electron chi connectivity index (χ2n) is 3.20. The molecule has 0 saturated heterocycles. The summed E-state index contributed by atoms with van der Waals surface area (Å²) in [4.78, 5) is 17.2. The van der Waals surface area contributed by atoms with Crippen molar-refractivity contribution < 1.29 is 4.92 Å². The summed E-state index contributed by atoms with van der Waals surface area (Å²) in [5, 5.41) is 10.6. The molecule has 0 amide bonds. The van der Waals surface area contributed by atoms with Crippen LogP contribution in [0.3, 0.4) is 0 Å². The third-order valence-electron chi connectivity index (χ3n) is 2.17. The lowest BCUT2D eigenvalue weighted by Gasteiger charge is -2.00. The monoisotopic (exact) mass is 203 g/mol. The fourth-order valence-corrected chi connectivity index (χ4v) is 1.43. The lowest BCUT2D eigenvalue weighted by Crippen LogP contribution is -1.92. The Morgan fingerprint density at radius 3 is 2.80 bits per heavy atom. The summed E-state index contributed by atoms with van der Waals surface area (Å²) in [7, 11) is 0. The van der Waals surface area contributed by atoms with Gasteiger partial charge in [-0.2, -0.15) is 0 Å². The maximum Gasteiger partial charge on any atom is 0.272 e. The van der Waals surface area contributed by atoms with Crippen molar-refractivity contribution in [3.63, 3.8) is 0 Å². The van der Waals surface area contributed by atoms with Crippen LogP contribution in [0.15, 0.2) is 30.6 Å². The van der Waals surface area contributed by atoms with Gasteiger partial charge in [-0.05, 0) is 19.1 Å². The van der Waals surface area contributed by atoms with Crippen molar-refractivity contribution in [3.8, 4) is 11.4 Å². The van der Waals surface area contributed by atoms with Crippen LogP contribution >= 0.6 is 0 Å². The molecular formula is C10H9N3O2. The van der Waals surface area contributed by atoms with Crippen LogP contribution in [0.1, 0.15) is 5.56 Å². The third-order valence-corrected chi connectivity index (χ3v) is 2.17. The van der Waals surface area contributed by atoms with Crippen LogP contribution in [0.4, 0.5) is 5.69 Å². The van der Waals surface area contributed by atoms with Gasteiger partial charge in [0.15, 0.2) is 0 Å². The first-order chi connectivity index (χ1) is 7.18. The van der Waals surface area contributed by atoms with Crippen molar-refractivity contribution in [2.75, 3.05) is 0 Å². The molecule has 1 aromatic carbocycles. The van der Waals surface area contributed by atoms with Crippen molar-refractivity contribution in [2.24, 2.45) is 0 Å². The van der Waals surface area contributed by atoms with Gasteiger partial charge in [0.25, 0.3) is 5.69 Å². The summed E-state index contributed by atoms with van der Waals surface area (Å²) in [6.45, 7) is 1.71. The number of imidazole rings is 1.